The van der Waals surface area contributed by atoms with Crippen molar-refractivity contribution in [1.29, 1.82) is 0 Å². The van der Waals surface area contributed by atoms with Gasteiger partial charge in [-0.15, -0.1) is 0 Å². The average molecular weight is 234 g/mol. The smallest absolute Gasteiger partial charge is 0.0808 e. The second-order valence-corrected chi connectivity index (χ2v) is 5.09. The lowest BCUT2D eigenvalue weighted by molar-refractivity contribution is 0.0607. The number of hydrogen-bond donors (Lipinski definition) is 2. The molecule has 0 saturated carbocycles. The van der Waals surface area contributed by atoms with Gasteiger partial charge in [-0.3, -0.25) is 11.3 Å². The number of aryl methyl sites for hydroxylation is 2. The molecule has 1 fully saturated rings. The van der Waals surface area contributed by atoms with Crippen LogP contribution in [-0.2, 0) is 4.74 Å². The lowest BCUT2D eigenvalue weighted by Gasteiger charge is -2.26. The van der Waals surface area contributed by atoms with Crippen LogP contribution >= 0.6 is 0 Å². The predicted octanol–water partition coefficient (Wildman–Crippen LogP) is 2.23. The maximum Gasteiger partial charge on any atom is 0.0808 e. The van der Waals surface area contributed by atoms with E-state index in [9.17, 15) is 0 Å². The SMILES string of the molecule is Cc1ccc(C(NN)C2OCCC2C)cc1C. The molecule has 3 heteroatoms. The van der Waals surface area contributed by atoms with Crippen LogP contribution in [0.5, 0.6) is 0 Å². The molecule has 1 saturated heterocycles. The van der Waals surface area contributed by atoms with Crippen molar-refractivity contribution in [2.24, 2.45) is 11.8 Å². The molecule has 3 nitrogen and oxygen atoms in total. The molecule has 0 aromatic heterocycles. The lowest BCUT2D eigenvalue weighted by atomic mass is 9.91. The van der Waals surface area contributed by atoms with E-state index in [1.54, 1.807) is 0 Å². The predicted molar refractivity (Wildman–Crippen MR) is 69.5 cm³/mol. The number of ether oxygens (including phenoxy) is 1. The normalized spacial score (nSPS) is 26.1. The van der Waals surface area contributed by atoms with Crippen LogP contribution in [0.3, 0.4) is 0 Å². The van der Waals surface area contributed by atoms with Crippen LogP contribution in [-0.4, -0.2) is 12.7 Å². The summed E-state index contributed by atoms with van der Waals surface area (Å²) in [6.07, 6.45) is 1.30. The second-order valence-electron chi connectivity index (χ2n) is 5.09. The average Bonchev–Trinajstić information content (AvgIpc) is 2.71. The highest BCUT2D eigenvalue weighted by molar-refractivity contribution is 5.32. The summed E-state index contributed by atoms with van der Waals surface area (Å²) in [5.74, 6) is 6.26. The van der Waals surface area contributed by atoms with Gasteiger partial charge in [0.25, 0.3) is 0 Å². The summed E-state index contributed by atoms with van der Waals surface area (Å²) in [5.41, 5.74) is 6.74. The summed E-state index contributed by atoms with van der Waals surface area (Å²) < 4.78 is 5.80. The fourth-order valence-electron chi connectivity index (χ4n) is 2.48. The second kappa shape index (κ2) is 5.17. The fourth-order valence-corrected chi connectivity index (χ4v) is 2.48. The standard InChI is InChI=1S/C14H22N2O/c1-9-4-5-12(8-11(9)3)13(16-15)14-10(2)6-7-17-14/h4-5,8,10,13-14,16H,6-7,15H2,1-3H3. The van der Waals surface area contributed by atoms with E-state index < -0.39 is 0 Å². The molecule has 1 heterocycles. The molecule has 1 aromatic rings. The molecule has 1 aromatic carbocycles. The van der Waals surface area contributed by atoms with Gasteiger partial charge >= 0.3 is 0 Å². The van der Waals surface area contributed by atoms with Gasteiger partial charge in [-0.1, -0.05) is 25.1 Å². The Balaban J connectivity index is 2.25. The highest BCUT2D eigenvalue weighted by Crippen LogP contribution is 2.31. The Morgan fingerprint density at radius 2 is 2.12 bits per heavy atom. The number of hydrogen-bond acceptors (Lipinski definition) is 3. The molecule has 0 bridgehead atoms. The molecule has 94 valence electrons. The molecule has 2 rings (SSSR count). The molecule has 0 spiro atoms. The highest BCUT2D eigenvalue weighted by atomic mass is 16.5. The zero-order valence-corrected chi connectivity index (χ0v) is 10.9. The minimum Gasteiger partial charge on any atom is -0.376 e. The number of rotatable bonds is 3. The van der Waals surface area contributed by atoms with E-state index >= 15 is 0 Å². The number of hydrazine groups is 1. The molecule has 3 unspecified atom stereocenters. The van der Waals surface area contributed by atoms with Crippen molar-refractivity contribution in [2.45, 2.75) is 39.3 Å². The van der Waals surface area contributed by atoms with E-state index in [0.717, 1.165) is 13.0 Å². The van der Waals surface area contributed by atoms with Gasteiger partial charge in [-0.05, 0) is 42.9 Å². The first-order valence-electron chi connectivity index (χ1n) is 6.28. The van der Waals surface area contributed by atoms with E-state index in [2.05, 4.69) is 44.4 Å². The molecule has 1 aliphatic rings. The van der Waals surface area contributed by atoms with Crippen LogP contribution in [0, 0.1) is 19.8 Å². The Morgan fingerprint density at radius 1 is 1.35 bits per heavy atom. The van der Waals surface area contributed by atoms with Crippen molar-refractivity contribution >= 4 is 0 Å². The fraction of sp³-hybridized carbons (Fsp3) is 0.571. The molecule has 3 atom stereocenters. The topological polar surface area (TPSA) is 47.3 Å². The summed E-state index contributed by atoms with van der Waals surface area (Å²) in [5, 5.41) is 0. The van der Waals surface area contributed by atoms with Crippen molar-refractivity contribution in [2.75, 3.05) is 6.61 Å². The molecule has 0 amide bonds. The lowest BCUT2D eigenvalue weighted by Crippen LogP contribution is -2.38. The summed E-state index contributed by atoms with van der Waals surface area (Å²) in [7, 11) is 0. The summed E-state index contributed by atoms with van der Waals surface area (Å²) in [6.45, 7) is 7.32. The van der Waals surface area contributed by atoms with Gasteiger partial charge in [0, 0.05) is 6.61 Å². The van der Waals surface area contributed by atoms with Crippen LogP contribution < -0.4 is 11.3 Å². The van der Waals surface area contributed by atoms with E-state index in [-0.39, 0.29) is 12.1 Å². The van der Waals surface area contributed by atoms with E-state index in [0.29, 0.717) is 5.92 Å². The van der Waals surface area contributed by atoms with Gasteiger partial charge in [0.2, 0.25) is 0 Å². The zero-order valence-electron chi connectivity index (χ0n) is 10.9. The molecule has 17 heavy (non-hydrogen) atoms. The van der Waals surface area contributed by atoms with Crippen molar-refractivity contribution in [3.05, 3.63) is 34.9 Å². The quantitative estimate of drug-likeness (QED) is 0.623. The van der Waals surface area contributed by atoms with E-state index in [1.165, 1.54) is 16.7 Å². The Bertz CT molecular complexity index is 392. The van der Waals surface area contributed by atoms with Gasteiger partial charge in [-0.25, -0.2) is 0 Å². The number of nitrogens with one attached hydrogen (secondary N) is 1. The van der Waals surface area contributed by atoms with Crippen LogP contribution in [0.25, 0.3) is 0 Å². The molecule has 0 aliphatic carbocycles. The van der Waals surface area contributed by atoms with Crippen molar-refractivity contribution < 1.29 is 4.74 Å². The third kappa shape index (κ3) is 2.51. The van der Waals surface area contributed by atoms with E-state index in [1.807, 2.05) is 0 Å². The molecule has 1 aliphatic heterocycles. The van der Waals surface area contributed by atoms with Crippen LogP contribution in [0.15, 0.2) is 18.2 Å². The Labute approximate surface area is 103 Å². The van der Waals surface area contributed by atoms with Crippen LogP contribution in [0.4, 0.5) is 0 Å². The first-order valence-corrected chi connectivity index (χ1v) is 6.28. The maximum absolute atomic E-state index is 5.80. The van der Waals surface area contributed by atoms with Gasteiger partial charge in [0.05, 0.1) is 12.1 Å². The van der Waals surface area contributed by atoms with Gasteiger partial charge in [-0.2, -0.15) is 0 Å². The Hall–Kier alpha value is -0.900. The summed E-state index contributed by atoms with van der Waals surface area (Å²) in [4.78, 5) is 0. The molecular formula is C14H22N2O. The summed E-state index contributed by atoms with van der Waals surface area (Å²) >= 11 is 0. The Morgan fingerprint density at radius 3 is 2.65 bits per heavy atom. The van der Waals surface area contributed by atoms with Gasteiger partial charge in [0.15, 0.2) is 0 Å². The minimum absolute atomic E-state index is 0.0896. The summed E-state index contributed by atoms with van der Waals surface area (Å²) in [6, 6.07) is 6.58. The monoisotopic (exact) mass is 234 g/mol. The van der Waals surface area contributed by atoms with Crippen molar-refractivity contribution in [1.82, 2.24) is 5.43 Å². The van der Waals surface area contributed by atoms with Gasteiger partial charge < -0.3 is 4.74 Å². The van der Waals surface area contributed by atoms with Crippen LogP contribution in [0.1, 0.15) is 36.1 Å². The van der Waals surface area contributed by atoms with E-state index in [4.69, 9.17) is 10.6 Å². The molecule has 0 radical (unpaired) electrons. The zero-order chi connectivity index (χ0) is 12.4. The molecule has 3 N–H and O–H groups in total. The highest BCUT2D eigenvalue weighted by Gasteiger charge is 2.32. The minimum atomic E-state index is 0.0896. The van der Waals surface area contributed by atoms with Crippen molar-refractivity contribution in [3.8, 4) is 0 Å². The maximum atomic E-state index is 5.80. The van der Waals surface area contributed by atoms with Gasteiger partial charge in [0.1, 0.15) is 0 Å². The largest absolute Gasteiger partial charge is 0.376 e. The first kappa shape index (κ1) is 12.6. The third-order valence-electron chi connectivity index (χ3n) is 3.84. The Kier molecular flexibility index (Phi) is 3.82. The van der Waals surface area contributed by atoms with Crippen LogP contribution in [0.2, 0.25) is 0 Å². The first-order chi connectivity index (χ1) is 8.13. The third-order valence-corrected chi connectivity index (χ3v) is 3.84. The van der Waals surface area contributed by atoms with Crippen molar-refractivity contribution in [3.63, 3.8) is 0 Å². The number of nitrogens with two attached hydrogens (primary N) is 1. The number of benzene rings is 1. The molecular weight excluding hydrogens is 212 g/mol.